The second-order valence-corrected chi connectivity index (χ2v) is 5.30. The smallest absolute Gasteiger partial charge is 0.205 e. The van der Waals surface area contributed by atoms with E-state index in [9.17, 15) is 5.11 Å². The average Bonchev–Trinajstić information content (AvgIpc) is 3.10. The number of benzene rings is 2. The number of para-hydroxylation sites is 3. The standard InChI is InChI=1S/C17H14N6O/c1-11(12-6-2-5-9-15(12)24)20-21-16-17-22-18-10-23(17)14-8-4-3-7-13(14)19-16/h2-10,24H,1H3,(H,19,21)/b20-11+. The van der Waals surface area contributed by atoms with Gasteiger partial charge in [0.25, 0.3) is 0 Å². The van der Waals surface area contributed by atoms with Crippen LogP contribution in [0.2, 0.25) is 0 Å². The third kappa shape index (κ3) is 2.32. The maximum atomic E-state index is 9.91. The molecule has 0 aliphatic rings. The Kier molecular flexibility index (Phi) is 3.31. The largest absolute Gasteiger partial charge is 0.507 e. The van der Waals surface area contributed by atoms with Crippen molar-refractivity contribution in [2.45, 2.75) is 6.92 Å². The highest BCUT2D eigenvalue weighted by atomic mass is 16.3. The molecule has 7 heteroatoms. The molecule has 0 spiro atoms. The van der Waals surface area contributed by atoms with Crippen LogP contribution in [0.5, 0.6) is 5.75 Å². The minimum atomic E-state index is 0.180. The molecule has 2 heterocycles. The third-order valence-corrected chi connectivity index (χ3v) is 3.76. The van der Waals surface area contributed by atoms with Gasteiger partial charge in [0.1, 0.15) is 12.1 Å². The van der Waals surface area contributed by atoms with Crippen molar-refractivity contribution in [1.29, 1.82) is 0 Å². The lowest BCUT2D eigenvalue weighted by molar-refractivity contribution is 0.474. The second-order valence-electron chi connectivity index (χ2n) is 5.30. The summed E-state index contributed by atoms with van der Waals surface area (Å²) < 4.78 is 1.86. The molecule has 0 aliphatic carbocycles. The van der Waals surface area contributed by atoms with E-state index in [0.717, 1.165) is 11.0 Å². The molecule has 0 saturated heterocycles. The number of hydrogen-bond acceptors (Lipinski definition) is 6. The van der Waals surface area contributed by atoms with E-state index in [0.29, 0.717) is 22.7 Å². The Labute approximate surface area is 137 Å². The lowest BCUT2D eigenvalue weighted by Gasteiger charge is -2.07. The molecule has 2 aromatic carbocycles. The molecule has 0 saturated carbocycles. The minimum absolute atomic E-state index is 0.180. The van der Waals surface area contributed by atoms with Crippen LogP contribution >= 0.6 is 0 Å². The number of aromatic hydroxyl groups is 1. The van der Waals surface area contributed by atoms with Crippen LogP contribution in [0.25, 0.3) is 16.7 Å². The zero-order chi connectivity index (χ0) is 16.5. The molecule has 0 bridgehead atoms. The van der Waals surface area contributed by atoms with Gasteiger partial charge in [-0.05, 0) is 31.2 Å². The molecule has 2 aromatic heterocycles. The summed E-state index contributed by atoms with van der Waals surface area (Å²) in [5.74, 6) is 0.681. The Morgan fingerprint density at radius 2 is 1.92 bits per heavy atom. The summed E-state index contributed by atoms with van der Waals surface area (Å²) in [7, 11) is 0. The van der Waals surface area contributed by atoms with E-state index in [1.807, 2.05) is 41.7 Å². The summed E-state index contributed by atoms with van der Waals surface area (Å²) in [6.07, 6.45) is 1.64. The van der Waals surface area contributed by atoms with Crippen molar-refractivity contribution in [3.05, 3.63) is 60.4 Å². The first kappa shape index (κ1) is 14.1. The quantitative estimate of drug-likeness (QED) is 0.448. The zero-order valence-corrected chi connectivity index (χ0v) is 12.9. The number of fused-ring (bicyclic) bond motifs is 3. The van der Waals surface area contributed by atoms with E-state index in [1.54, 1.807) is 24.5 Å². The summed E-state index contributed by atoms with van der Waals surface area (Å²) in [5.41, 5.74) is 6.54. The van der Waals surface area contributed by atoms with Crippen LogP contribution < -0.4 is 5.43 Å². The van der Waals surface area contributed by atoms with E-state index in [2.05, 4.69) is 25.7 Å². The van der Waals surface area contributed by atoms with Crippen LogP contribution in [-0.4, -0.2) is 30.4 Å². The molecular weight excluding hydrogens is 304 g/mol. The van der Waals surface area contributed by atoms with Gasteiger partial charge in [0.05, 0.1) is 16.7 Å². The SMILES string of the molecule is C/C(=N\Nc1nc2ccccc2n2cnnc12)c1ccccc1O. The van der Waals surface area contributed by atoms with Gasteiger partial charge in [0.15, 0.2) is 5.82 Å². The lowest BCUT2D eigenvalue weighted by atomic mass is 10.1. The Bertz CT molecular complexity index is 1070. The highest BCUT2D eigenvalue weighted by Gasteiger charge is 2.10. The molecule has 0 fully saturated rings. The number of phenolic OH excluding ortho intramolecular Hbond substituents is 1. The van der Waals surface area contributed by atoms with Gasteiger partial charge in [0, 0.05) is 5.56 Å². The van der Waals surface area contributed by atoms with Crippen LogP contribution in [0, 0.1) is 0 Å². The fourth-order valence-corrected chi connectivity index (χ4v) is 2.56. The van der Waals surface area contributed by atoms with E-state index in [4.69, 9.17) is 0 Å². The van der Waals surface area contributed by atoms with Gasteiger partial charge in [-0.1, -0.05) is 24.3 Å². The van der Waals surface area contributed by atoms with E-state index in [1.165, 1.54) is 0 Å². The van der Waals surface area contributed by atoms with Gasteiger partial charge < -0.3 is 5.11 Å². The van der Waals surface area contributed by atoms with Crippen LogP contribution in [-0.2, 0) is 0 Å². The molecular formula is C17H14N6O. The van der Waals surface area contributed by atoms with Crippen LogP contribution in [0.1, 0.15) is 12.5 Å². The van der Waals surface area contributed by atoms with E-state index in [-0.39, 0.29) is 5.75 Å². The predicted molar refractivity (Wildman–Crippen MR) is 92.2 cm³/mol. The fraction of sp³-hybridized carbons (Fsp3) is 0.0588. The number of aromatic nitrogens is 4. The summed E-state index contributed by atoms with van der Waals surface area (Å²) in [4.78, 5) is 4.56. The van der Waals surface area contributed by atoms with E-state index < -0.39 is 0 Å². The maximum absolute atomic E-state index is 9.91. The lowest BCUT2D eigenvalue weighted by Crippen LogP contribution is -2.03. The third-order valence-electron chi connectivity index (χ3n) is 3.76. The van der Waals surface area contributed by atoms with Crippen molar-refractivity contribution >= 4 is 28.2 Å². The van der Waals surface area contributed by atoms with Crippen molar-refractivity contribution in [1.82, 2.24) is 19.6 Å². The molecule has 7 nitrogen and oxygen atoms in total. The average molecular weight is 318 g/mol. The molecule has 0 atom stereocenters. The van der Waals surface area contributed by atoms with Gasteiger partial charge in [-0.2, -0.15) is 5.10 Å². The van der Waals surface area contributed by atoms with Gasteiger partial charge in [-0.3, -0.25) is 9.83 Å². The van der Waals surface area contributed by atoms with Crippen LogP contribution in [0.3, 0.4) is 0 Å². The summed E-state index contributed by atoms with van der Waals surface area (Å²) in [6.45, 7) is 1.81. The topological polar surface area (TPSA) is 87.7 Å². The first-order valence-corrected chi connectivity index (χ1v) is 7.41. The Morgan fingerprint density at radius 3 is 2.79 bits per heavy atom. The molecule has 24 heavy (non-hydrogen) atoms. The van der Waals surface area contributed by atoms with Crippen molar-refractivity contribution < 1.29 is 5.11 Å². The molecule has 0 aliphatic heterocycles. The van der Waals surface area contributed by atoms with Crippen molar-refractivity contribution in [3.63, 3.8) is 0 Å². The highest BCUT2D eigenvalue weighted by Crippen LogP contribution is 2.20. The summed E-state index contributed by atoms with van der Waals surface area (Å²) >= 11 is 0. The maximum Gasteiger partial charge on any atom is 0.205 e. The Hall–Kier alpha value is -3.48. The molecule has 4 aromatic rings. The molecule has 4 rings (SSSR count). The monoisotopic (exact) mass is 318 g/mol. The van der Waals surface area contributed by atoms with Gasteiger partial charge in [0.2, 0.25) is 5.65 Å². The molecule has 118 valence electrons. The number of hydrogen-bond donors (Lipinski definition) is 2. The number of nitrogens with one attached hydrogen (secondary N) is 1. The van der Waals surface area contributed by atoms with Crippen molar-refractivity contribution in [2.75, 3.05) is 5.43 Å². The number of nitrogens with zero attached hydrogens (tertiary/aromatic N) is 5. The molecule has 0 amide bonds. The first-order chi connectivity index (χ1) is 11.7. The van der Waals surface area contributed by atoms with Gasteiger partial charge >= 0.3 is 0 Å². The number of hydrazone groups is 1. The minimum Gasteiger partial charge on any atom is -0.507 e. The summed E-state index contributed by atoms with van der Waals surface area (Å²) in [6, 6.07) is 14.8. The van der Waals surface area contributed by atoms with Crippen molar-refractivity contribution in [2.24, 2.45) is 5.10 Å². The Balaban J connectivity index is 1.78. The number of phenols is 1. The van der Waals surface area contributed by atoms with Crippen LogP contribution in [0.15, 0.2) is 60.0 Å². The number of rotatable bonds is 3. The molecule has 2 N–H and O–H groups in total. The number of anilines is 1. The first-order valence-electron chi connectivity index (χ1n) is 7.41. The van der Waals surface area contributed by atoms with E-state index >= 15 is 0 Å². The molecule has 0 unspecified atom stereocenters. The molecule has 0 radical (unpaired) electrons. The zero-order valence-electron chi connectivity index (χ0n) is 12.9. The Morgan fingerprint density at radius 1 is 1.12 bits per heavy atom. The highest BCUT2D eigenvalue weighted by molar-refractivity contribution is 6.01. The van der Waals surface area contributed by atoms with Crippen molar-refractivity contribution in [3.8, 4) is 5.75 Å². The summed E-state index contributed by atoms with van der Waals surface area (Å²) in [5, 5.41) is 22.3. The fourth-order valence-electron chi connectivity index (χ4n) is 2.56. The van der Waals surface area contributed by atoms with Gasteiger partial charge in [-0.25, -0.2) is 4.98 Å². The van der Waals surface area contributed by atoms with Gasteiger partial charge in [-0.15, -0.1) is 10.2 Å². The predicted octanol–water partition coefficient (Wildman–Crippen LogP) is 2.82. The normalized spacial score (nSPS) is 12.0. The second kappa shape index (κ2) is 5.62. The van der Waals surface area contributed by atoms with Crippen LogP contribution in [0.4, 0.5) is 5.82 Å².